The van der Waals surface area contributed by atoms with Gasteiger partial charge in [-0.2, -0.15) is 0 Å². The van der Waals surface area contributed by atoms with E-state index in [0.717, 1.165) is 128 Å². The number of rotatable bonds is 74. The van der Waals surface area contributed by atoms with Crippen molar-refractivity contribution in [2.45, 2.75) is 360 Å². The van der Waals surface area contributed by atoms with Crippen LogP contribution < -0.4 is 0 Å². The Balaban J connectivity index is 4.28. The summed E-state index contributed by atoms with van der Waals surface area (Å²) < 4.78 is 60.9. The zero-order valence-electron chi connectivity index (χ0n) is 61.5. The number of phosphoric ester groups is 2. The van der Waals surface area contributed by atoms with Gasteiger partial charge < -0.3 is 34.2 Å². The molecule has 16 nitrogen and oxygen atoms in total. The number of ether oxygens (including phenoxy) is 3. The highest BCUT2D eigenvalue weighted by atomic mass is 31.2. The topological polar surface area (TPSA) is 231 Å². The summed E-state index contributed by atoms with van der Waals surface area (Å²) in [7, 11) is -9.77. The Labute approximate surface area is 591 Å². The molecule has 0 aliphatic carbocycles. The molecular weight excluding hydrogens is 1270 g/mol. The molecule has 0 rings (SSSR count). The normalized spacial score (nSPS) is 14.5. The van der Waals surface area contributed by atoms with E-state index in [0.29, 0.717) is 19.3 Å². The molecule has 0 radical (unpaired) electrons. The highest BCUT2D eigenvalue weighted by Crippen LogP contribution is 2.45. The van der Waals surface area contributed by atoms with Crippen LogP contribution in [0, 0.1) is 0 Å². The van der Waals surface area contributed by atoms with Crippen molar-refractivity contribution in [1.82, 2.24) is 0 Å². The van der Waals surface area contributed by atoms with Crippen LogP contribution in [0.15, 0.2) is 85.1 Å². The third-order valence-electron chi connectivity index (χ3n) is 16.6. The minimum Gasteiger partial charge on any atom is -0.463 e. The number of aliphatic hydroxyl groups excluding tert-OH is 2. The number of carbonyl (C=O) groups excluding carboxylic acids is 3. The molecule has 0 fully saturated rings. The second-order valence-electron chi connectivity index (χ2n) is 26.1. The van der Waals surface area contributed by atoms with Crippen molar-refractivity contribution in [2.24, 2.45) is 0 Å². The van der Waals surface area contributed by atoms with Gasteiger partial charge in [-0.15, -0.1) is 0 Å². The molecule has 0 saturated heterocycles. The Morgan fingerprint density at radius 3 is 0.876 bits per heavy atom. The quantitative estimate of drug-likeness (QED) is 0.0146. The number of hydrogen-bond donors (Lipinski definition) is 4. The lowest BCUT2D eigenvalue weighted by molar-refractivity contribution is -0.161. The van der Waals surface area contributed by atoms with E-state index in [2.05, 4.69) is 106 Å². The van der Waals surface area contributed by atoms with Crippen molar-refractivity contribution >= 4 is 33.6 Å². The van der Waals surface area contributed by atoms with Crippen LogP contribution in [0.25, 0.3) is 0 Å². The maximum absolute atomic E-state index is 12.9. The number of phosphoric acid groups is 2. The maximum atomic E-state index is 12.9. The van der Waals surface area contributed by atoms with Gasteiger partial charge in [0.2, 0.25) is 0 Å². The van der Waals surface area contributed by atoms with Crippen LogP contribution in [0.3, 0.4) is 0 Å². The van der Waals surface area contributed by atoms with Crippen molar-refractivity contribution < 1.29 is 75.8 Å². The van der Waals surface area contributed by atoms with E-state index >= 15 is 0 Å². The average molecular weight is 1410 g/mol. The lowest BCUT2D eigenvalue weighted by Gasteiger charge is -2.21. The van der Waals surface area contributed by atoms with Crippen LogP contribution >= 0.6 is 15.6 Å². The van der Waals surface area contributed by atoms with Crippen LogP contribution in [0.2, 0.25) is 0 Å². The zero-order chi connectivity index (χ0) is 70.9. The van der Waals surface area contributed by atoms with Gasteiger partial charge in [-0.25, -0.2) is 9.13 Å². The molecule has 0 aliphatic rings. The monoisotopic (exact) mass is 1410 g/mol. The number of hydrogen-bond acceptors (Lipinski definition) is 14. The van der Waals surface area contributed by atoms with E-state index in [4.69, 9.17) is 32.3 Å². The summed E-state index contributed by atoms with van der Waals surface area (Å²) in [6.45, 7) is 2.54. The standard InChI is InChI=1S/C79H142O16P2/c1-4-7-10-13-16-19-22-25-26-27-28-29-30-31-32-33-34-35-36-37-38-39-40-41-42-43-44-45-46-49-51-53-56-59-62-65-77(82)89-68-74(80)69-91-96(85,86)92-70-75(81)71-93-97(87,88)94-73-76(95-79(84)67-64-61-58-55-52-48-24-21-18-15-12-9-6-3)72-90-78(83)66-63-60-57-54-50-47-23-20-17-14-11-8-5-2/h7,10,16,19-21,23-26,28-29,31-32,74-76,80-81H,4-6,8-9,11-15,17-18,22,27,30,33-73H2,1-3H3,(H,85,86)(H,87,88)/b10-7-,19-16-,23-20-,24-21-,26-25-,29-28-,32-31-. The Morgan fingerprint density at radius 1 is 0.299 bits per heavy atom. The van der Waals surface area contributed by atoms with Crippen LogP contribution in [-0.4, -0.2) is 95.9 Å². The summed E-state index contributed by atoms with van der Waals surface area (Å²) >= 11 is 0. The van der Waals surface area contributed by atoms with E-state index in [1.54, 1.807) is 0 Å². The van der Waals surface area contributed by atoms with Crippen LogP contribution in [-0.2, 0) is 55.8 Å². The van der Waals surface area contributed by atoms with Crippen LogP contribution in [0.5, 0.6) is 0 Å². The van der Waals surface area contributed by atoms with E-state index in [1.807, 2.05) is 0 Å². The molecule has 0 amide bonds. The second kappa shape index (κ2) is 72.5. The van der Waals surface area contributed by atoms with Crippen molar-refractivity contribution in [3.8, 4) is 0 Å². The molecule has 0 saturated carbocycles. The fraction of sp³-hybridized carbons (Fsp3) is 0.785. The molecule has 0 aromatic heterocycles. The first-order chi connectivity index (χ1) is 47.2. The van der Waals surface area contributed by atoms with Crippen molar-refractivity contribution in [2.75, 3.05) is 39.6 Å². The number of esters is 3. The summed E-state index contributed by atoms with van der Waals surface area (Å²) in [4.78, 5) is 58.4. The first kappa shape index (κ1) is 93.7. The molecule has 0 bridgehead atoms. The Hall–Kier alpha value is -3.27. The van der Waals surface area contributed by atoms with Crippen LogP contribution in [0.4, 0.5) is 0 Å². The molecule has 5 atom stereocenters. The molecule has 18 heteroatoms. The summed E-state index contributed by atoms with van der Waals surface area (Å²) in [5.74, 6) is -1.58. The summed E-state index contributed by atoms with van der Waals surface area (Å²) in [6.07, 6.45) is 81.0. The Kier molecular flexibility index (Phi) is 70.1. The lowest BCUT2D eigenvalue weighted by Crippen LogP contribution is -2.30. The fourth-order valence-electron chi connectivity index (χ4n) is 10.6. The number of aliphatic hydroxyl groups is 2. The van der Waals surface area contributed by atoms with E-state index in [-0.39, 0.29) is 19.3 Å². The first-order valence-corrected chi connectivity index (χ1v) is 41.9. The van der Waals surface area contributed by atoms with Gasteiger partial charge in [0.05, 0.1) is 26.4 Å². The average Bonchev–Trinajstić information content (AvgIpc) is 1.57. The van der Waals surface area contributed by atoms with Gasteiger partial charge in [-0.3, -0.25) is 32.5 Å². The van der Waals surface area contributed by atoms with E-state index < -0.39 is 91.5 Å². The number of unbranched alkanes of at least 4 members (excludes halogenated alkanes) is 37. The van der Waals surface area contributed by atoms with Crippen molar-refractivity contribution in [3.05, 3.63) is 85.1 Å². The highest BCUT2D eigenvalue weighted by Gasteiger charge is 2.29. The molecule has 5 unspecified atom stereocenters. The van der Waals surface area contributed by atoms with Gasteiger partial charge in [0.15, 0.2) is 6.10 Å². The van der Waals surface area contributed by atoms with Gasteiger partial charge in [0, 0.05) is 19.3 Å². The van der Waals surface area contributed by atoms with E-state index in [1.165, 1.54) is 154 Å². The number of allylic oxidation sites excluding steroid dienone is 14. The smallest absolute Gasteiger partial charge is 0.463 e. The minimum atomic E-state index is -4.92. The molecule has 97 heavy (non-hydrogen) atoms. The lowest BCUT2D eigenvalue weighted by atomic mass is 10.0. The molecule has 0 aromatic rings. The minimum absolute atomic E-state index is 0.0960. The second-order valence-corrected chi connectivity index (χ2v) is 29.0. The summed E-state index contributed by atoms with van der Waals surface area (Å²) in [5.41, 5.74) is 0. The SMILES string of the molecule is CC/C=C\C/C=C\C/C=C\C/C=C\C/C=C\CCCCCCCCCCCCCCCCCCCCCC(=O)OCC(O)COP(=O)(O)OCC(O)COP(=O)(O)OCC(COC(=O)CCCCCCC/C=C\CCCCCC)OC(=O)CCCCCCC/C=C\CCCCCC. The summed E-state index contributed by atoms with van der Waals surface area (Å²) in [5, 5.41) is 20.6. The molecular formula is C79H142O16P2. The third kappa shape index (κ3) is 73.8. The van der Waals surface area contributed by atoms with Gasteiger partial charge in [0.25, 0.3) is 0 Å². The van der Waals surface area contributed by atoms with Crippen molar-refractivity contribution in [3.63, 3.8) is 0 Å². The predicted octanol–water partition coefficient (Wildman–Crippen LogP) is 22.4. The number of carbonyl (C=O) groups is 3. The molecule has 4 N–H and O–H groups in total. The molecule has 0 aromatic carbocycles. The largest absolute Gasteiger partial charge is 0.472 e. The van der Waals surface area contributed by atoms with E-state index in [9.17, 15) is 43.5 Å². The molecule has 0 spiro atoms. The molecule has 0 heterocycles. The maximum Gasteiger partial charge on any atom is 0.472 e. The van der Waals surface area contributed by atoms with Gasteiger partial charge >= 0.3 is 33.6 Å². The zero-order valence-corrected chi connectivity index (χ0v) is 63.3. The highest BCUT2D eigenvalue weighted by molar-refractivity contribution is 7.47. The Bertz CT molecular complexity index is 2110. The molecule has 0 aliphatic heterocycles. The predicted molar refractivity (Wildman–Crippen MR) is 399 cm³/mol. The summed E-state index contributed by atoms with van der Waals surface area (Å²) in [6, 6.07) is 0. The van der Waals surface area contributed by atoms with Gasteiger partial charge in [0.1, 0.15) is 25.4 Å². The third-order valence-corrected chi connectivity index (χ3v) is 18.5. The van der Waals surface area contributed by atoms with Crippen LogP contribution in [0.1, 0.15) is 342 Å². The Morgan fingerprint density at radius 2 is 0.546 bits per heavy atom. The molecule has 564 valence electrons. The first-order valence-electron chi connectivity index (χ1n) is 38.9. The van der Waals surface area contributed by atoms with Gasteiger partial charge in [-0.1, -0.05) is 292 Å². The fourth-order valence-corrected chi connectivity index (χ4v) is 12.2. The van der Waals surface area contributed by atoms with Gasteiger partial charge in [-0.05, 0) is 116 Å². The van der Waals surface area contributed by atoms with Crippen molar-refractivity contribution in [1.29, 1.82) is 0 Å².